The van der Waals surface area contributed by atoms with Crippen molar-refractivity contribution in [2.24, 2.45) is 0 Å². The van der Waals surface area contributed by atoms with E-state index in [-0.39, 0.29) is 5.57 Å². The molecule has 5 nitrogen and oxygen atoms in total. The number of methoxy groups -OCH3 is 1. The van der Waals surface area contributed by atoms with E-state index in [1.54, 1.807) is 18.2 Å². The first-order valence-electron chi connectivity index (χ1n) is 11.8. The number of fused-ring (bicyclic) bond motifs is 1. The van der Waals surface area contributed by atoms with E-state index in [1.807, 2.05) is 51.1 Å². The summed E-state index contributed by atoms with van der Waals surface area (Å²) in [5.74, 6) is 0.294. The fourth-order valence-corrected chi connectivity index (χ4v) is 4.35. The first-order valence-corrected chi connectivity index (χ1v) is 12.2. The molecule has 0 aliphatic heterocycles. The van der Waals surface area contributed by atoms with Gasteiger partial charge in [0.25, 0.3) is 5.91 Å². The number of hydrogen-bond donors (Lipinski definition) is 1. The molecule has 1 amide bonds. The molecule has 37 heavy (non-hydrogen) atoms. The van der Waals surface area contributed by atoms with Crippen LogP contribution in [0.5, 0.6) is 11.5 Å². The molecule has 0 aromatic heterocycles. The van der Waals surface area contributed by atoms with Crippen molar-refractivity contribution in [1.29, 1.82) is 5.26 Å². The Morgan fingerprint density at radius 1 is 1.00 bits per heavy atom. The average molecular weight is 511 g/mol. The first kappa shape index (κ1) is 25.8. The van der Waals surface area contributed by atoms with Gasteiger partial charge in [0, 0.05) is 11.3 Å². The minimum absolute atomic E-state index is 0.0589. The van der Waals surface area contributed by atoms with Crippen LogP contribution in [0.2, 0.25) is 5.02 Å². The van der Waals surface area contributed by atoms with E-state index in [0.29, 0.717) is 34.4 Å². The van der Waals surface area contributed by atoms with Crippen LogP contribution in [0, 0.1) is 32.1 Å². The molecule has 0 saturated heterocycles. The number of benzene rings is 4. The first-order chi connectivity index (χ1) is 17.8. The minimum Gasteiger partial charge on any atom is -0.493 e. The lowest BCUT2D eigenvalue weighted by Crippen LogP contribution is -2.13. The molecule has 4 aromatic carbocycles. The number of carbonyl (C=O) groups is 1. The predicted octanol–water partition coefficient (Wildman–Crippen LogP) is 7.55. The Morgan fingerprint density at radius 3 is 2.49 bits per heavy atom. The van der Waals surface area contributed by atoms with Gasteiger partial charge in [0.15, 0.2) is 11.5 Å². The van der Waals surface area contributed by atoms with Crippen LogP contribution >= 0.6 is 11.6 Å². The van der Waals surface area contributed by atoms with Crippen LogP contribution in [-0.4, -0.2) is 13.0 Å². The van der Waals surface area contributed by atoms with Crippen molar-refractivity contribution >= 4 is 40.0 Å². The molecule has 0 radical (unpaired) electrons. The van der Waals surface area contributed by atoms with Crippen LogP contribution in [0.15, 0.2) is 72.3 Å². The molecule has 0 aliphatic rings. The number of halogens is 1. The van der Waals surface area contributed by atoms with Gasteiger partial charge in [-0.2, -0.15) is 5.26 Å². The Labute approximate surface area is 221 Å². The zero-order valence-corrected chi connectivity index (χ0v) is 21.9. The third-order valence-corrected chi connectivity index (χ3v) is 6.61. The van der Waals surface area contributed by atoms with E-state index in [1.165, 1.54) is 13.2 Å². The van der Waals surface area contributed by atoms with Crippen molar-refractivity contribution < 1.29 is 14.3 Å². The minimum atomic E-state index is -0.507. The zero-order chi connectivity index (χ0) is 26.5. The molecular weight excluding hydrogens is 484 g/mol. The second kappa shape index (κ2) is 11.2. The molecular formula is C31H27ClN2O3. The number of hydrogen-bond acceptors (Lipinski definition) is 4. The highest BCUT2D eigenvalue weighted by molar-refractivity contribution is 6.32. The molecule has 0 fully saturated rings. The molecule has 4 aromatic rings. The number of anilines is 1. The maximum atomic E-state index is 12.8. The van der Waals surface area contributed by atoms with E-state index in [4.69, 9.17) is 21.1 Å². The average Bonchev–Trinajstić information content (AvgIpc) is 2.89. The highest BCUT2D eigenvalue weighted by Gasteiger charge is 2.16. The summed E-state index contributed by atoms with van der Waals surface area (Å²) in [5, 5.41) is 15.0. The lowest BCUT2D eigenvalue weighted by molar-refractivity contribution is -0.112. The standard InChI is InChI=1S/C31H27ClN2O3/c1-19-10-12-25(13-21(19)3)34-31(35)24(17-33)14-22-15-28(32)30(29(16-22)36-4)37-18-27-20(2)9-11-23-7-5-6-8-26(23)27/h5-16H,18H2,1-4H3,(H,34,35)/b24-14+. The number of nitrogens with one attached hydrogen (secondary N) is 1. The maximum Gasteiger partial charge on any atom is 0.266 e. The van der Waals surface area contributed by atoms with Crippen LogP contribution in [-0.2, 0) is 11.4 Å². The number of nitrogens with zero attached hydrogens (tertiary/aromatic N) is 1. The Balaban J connectivity index is 1.59. The third-order valence-electron chi connectivity index (χ3n) is 6.33. The van der Waals surface area contributed by atoms with Gasteiger partial charge in [-0.1, -0.05) is 54.1 Å². The number of amides is 1. The van der Waals surface area contributed by atoms with Crippen LogP contribution in [0.4, 0.5) is 5.69 Å². The summed E-state index contributed by atoms with van der Waals surface area (Å²) in [7, 11) is 1.52. The molecule has 0 unspecified atom stereocenters. The lowest BCUT2D eigenvalue weighted by atomic mass is 10.0. The van der Waals surface area contributed by atoms with Gasteiger partial charge in [0.2, 0.25) is 0 Å². The van der Waals surface area contributed by atoms with E-state index in [0.717, 1.165) is 33.0 Å². The third kappa shape index (κ3) is 5.77. The molecule has 0 atom stereocenters. The fraction of sp³-hybridized carbons (Fsp3) is 0.161. The van der Waals surface area contributed by atoms with Crippen molar-refractivity contribution in [2.75, 3.05) is 12.4 Å². The normalized spacial score (nSPS) is 11.2. The predicted molar refractivity (Wildman–Crippen MR) is 149 cm³/mol. The van der Waals surface area contributed by atoms with Gasteiger partial charge in [-0.05, 0) is 84.1 Å². The summed E-state index contributed by atoms with van der Waals surface area (Å²) in [6.07, 6.45) is 1.48. The van der Waals surface area contributed by atoms with Gasteiger partial charge < -0.3 is 14.8 Å². The summed E-state index contributed by atoms with van der Waals surface area (Å²) in [6, 6.07) is 23.2. The lowest BCUT2D eigenvalue weighted by Gasteiger charge is -2.16. The molecule has 0 spiro atoms. The summed E-state index contributed by atoms with van der Waals surface area (Å²) >= 11 is 6.59. The van der Waals surface area contributed by atoms with Gasteiger partial charge >= 0.3 is 0 Å². The Morgan fingerprint density at radius 2 is 1.76 bits per heavy atom. The monoisotopic (exact) mass is 510 g/mol. The fourth-order valence-electron chi connectivity index (χ4n) is 4.08. The SMILES string of the molecule is COc1cc(/C=C(\C#N)C(=O)Nc2ccc(C)c(C)c2)cc(Cl)c1OCc1c(C)ccc2ccccc12. The molecule has 1 N–H and O–H groups in total. The van der Waals surface area contributed by atoms with Crippen molar-refractivity contribution in [3.63, 3.8) is 0 Å². The van der Waals surface area contributed by atoms with E-state index < -0.39 is 5.91 Å². The van der Waals surface area contributed by atoms with Gasteiger partial charge in [0.05, 0.1) is 12.1 Å². The maximum absolute atomic E-state index is 12.8. The van der Waals surface area contributed by atoms with Crippen LogP contribution in [0.25, 0.3) is 16.8 Å². The Hall–Kier alpha value is -4.27. The number of rotatable bonds is 7. The second-order valence-corrected chi connectivity index (χ2v) is 9.24. The highest BCUT2D eigenvalue weighted by Crippen LogP contribution is 2.38. The molecule has 6 heteroatoms. The Bertz CT molecular complexity index is 1570. The number of ether oxygens (including phenoxy) is 2. The van der Waals surface area contributed by atoms with Crippen molar-refractivity contribution in [2.45, 2.75) is 27.4 Å². The van der Waals surface area contributed by atoms with Gasteiger partial charge in [-0.25, -0.2) is 0 Å². The molecule has 0 bridgehead atoms. The van der Waals surface area contributed by atoms with Crippen LogP contribution < -0.4 is 14.8 Å². The van der Waals surface area contributed by atoms with Gasteiger partial charge in [-0.15, -0.1) is 0 Å². The van der Waals surface area contributed by atoms with E-state index in [2.05, 4.69) is 29.6 Å². The summed E-state index contributed by atoms with van der Waals surface area (Å²) < 4.78 is 11.7. The second-order valence-electron chi connectivity index (χ2n) is 8.83. The molecule has 4 rings (SSSR count). The van der Waals surface area contributed by atoms with Crippen molar-refractivity contribution in [1.82, 2.24) is 0 Å². The van der Waals surface area contributed by atoms with Crippen LogP contribution in [0.1, 0.15) is 27.8 Å². The summed E-state index contributed by atoms with van der Waals surface area (Å²) in [5.41, 5.74) is 5.45. The van der Waals surface area contributed by atoms with Crippen LogP contribution in [0.3, 0.4) is 0 Å². The topological polar surface area (TPSA) is 71.3 Å². The molecule has 186 valence electrons. The summed E-state index contributed by atoms with van der Waals surface area (Å²) in [4.78, 5) is 12.8. The van der Waals surface area contributed by atoms with Gasteiger partial charge in [-0.3, -0.25) is 4.79 Å². The Kier molecular flexibility index (Phi) is 7.81. The summed E-state index contributed by atoms with van der Waals surface area (Å²) in [6.45, 7) is 6.31. The van der Waals surface area contributed by atoms with E-state index >= 15 is 0 Å². The molecule has 0 heterocycles. The van der Waals surface area contributed by atoms with Gasteiger partial charge in [0.1, 0.15) is 18.2 Å². The van der Waals surface area contributed by atoms with Crippen molar-refractivity contribution in [3.8, 4) is 17.6 Å². The van der Waals surface area contributed by atoms with Crippen molar-refractivity contribution in [3.05, 3.63) is 105 Å². The zero-order valence-electron chi connectivity index (χ0n) is 21.2. The number of aryl methyl sites for hydroxylation is 3. The number of carbonyl (C=O) groups excluding carboxylic acids is 1. The number of nitriles is 1. The highest BCUT2D eigenvalue weighted by atomic mass is 35.5. The largest absolute Gasteiger partial charge is 0.493 e. The molecule has 0 aliphatic carbocycles. The molecule has 0 saturated carbocycles. The van der Waals surface area contributed by atoms with E-state index in [9.17, 15) is 10.1 Å². The smallest absolute Gasteiger partial charge is 0.266 e. The quantitative estimate of drug-likeness (QED) is 0.206.